The first-order valence-corrected chi connectivity index (χ1v) is 12.5. The van der Waals surface area contributed by atoms with E-state index in [9.17, 15) is 9.59 Å². The number of imide groups is 1. The van der Waals surface area contributed by atoms with Gasteiger partial charge in [-0.1, -0.05) is 54.4 Å². The van der Waals surface area contributed by atoms with E-state index in [4.69, 9.17) is 23.2 Å². The summed E-state index contributed by atoms with van der Waals surface area (Å²) < 4.78 is 0. The van der Waals surface area contributed by atoms with Gasteiger partial charge < -0.3 is 4.90 Å². The van der Waals surface area contributed by atoms with Crippen LogP contribution in [0.4, 0.5) is 10.5 Å². The van der Waals surface area contributed by atoms with E-state index in [0.29, 0.717) is 15.0 Å². The second-order valence-electron chi connectivity index (χ2n) is 8.88. The second kappa shape index (κ2) is 9.21. The van der Waals surface area contributed by atoms with Crippen molar-refractivity contribution in [3.63, 3.8) is 0 Å². The van der Waals surface area contributed by atoms with Crippen LogP contribution >= 0.6 is 35.0 Å². The predicted molar refractivity (Wildman–Crippen MR) is 140 cm³/mol. The fourth-order valence-corrected chi connectivity index (χ4v) is 5.67. The maximum atomic E-state index is 13.0. The van der Waals surface area contributed by atoms with Crippen molar-refractivity contribution in [2.45, 2.75) is 46.2 Å². The number of carbonyl (C=O) groups is 2. The van der Waals surface area contributed by atoms with Crippen LogP contribution in [0.2, 0.25) is 10.0 Å². The molecule has 0 aromatic heterocycles. The second-order valence-corrected chi connectivity index (χ2v) is 10.7. The molecular weight excluding hydrogens is 475 g/mol. The highest BCUT2D eigenvalue weighted by atomic mass is 35.5. The van der Waals surface area contributed by atoms with Crippen LogP contribution in [-0.4, -0.2) is 28.1 Å². The third kappa shape index (κ3) is 4.59. The highest BCUT2D eigenvalue weighted by Gasteiger charge is 2.36. The van der Waals surface area contributed by atoms with E-state index in [-0.39, 0.29) is 23.2 Å². The molecule has 4 rings (SSSR count). The normalized spacial score (nSPS) is 18.7. The van der Waals surface area contributed by atoms with Crippen molar-refractivity contribution >= 4 is 63.4 Å². The number of nitrogens with zero attached hydrogens (tertiary/aromatic N) is 2. The summed E-state index contributed by atoms with van der Waals surface area (Å²) in [7, 11) is 0. The SMILES string of the molecule is CCCN1c2cc(Cl)c(/C=C3/SC(=O)N(Cc4ccccc4Cl)C3=O)cc2C(C)=CC1(C)C. The van der Waals surface area contributed by atoms with Crippen LogP contribution in [0.3, 0.4) is 0 Å². The fraction of sp³-hybridized carbons (Fsp3) is 0.308. The number of halogens is 2. The van der Waals surface area contributed by atoms with Crippen LogP contribution < -0.4 is 4.90 Å². The van der Waals surface area contributed by atoms with E-state index in [1.807, 2.05) is 30.3 Å². The van der Waals surface area contributed by atoms with Crippen LogP contribution in [0, 0.1) is 0 Å². The summed E-state index contributed by atoms with van der Waals surface area (Å²) in [5.41, 5.74) is 4.70. The molecule has 0 bridgehead atoms. The number of carbonyl (C=O) groups excluding carboxylic acids is 2. The molecule has 2 amide bonds. The Labute approximate surface area is 209 Å². The highest BCUT2D eigenvalue weighted by Crippen LogP contribution is 2.43. The molecular formula is C26H26Cl2N2O2S. The van der Waals surface area contributed by atoms with Gasteiger partial charge in [0.05, 0.1) is 17.0 Å². The monoisotopic (exact) mass is 500 g/mol. The molecule has 2 aliphatic heterocycles. The lowest BCUT2D eigenvalue weighted by atomic mass is 9.87. The Hall–Kier alpha value is -2.21. The summed E-state index contributed by atoms with van der Waals surface area (Å²) >= 11 is 13.8. The predicted octanol–water partition coefficient (Wildman–Crippen LogP) is 7.64. The zero-order chi connectivity index (χ0) is 23.9. The smallest absolute Gasteiger partial charge is 0.293 e. The van der Waals surface area contributed by atoms with Crippen LogP contribution in [-0.2, 0) is 11.3 Å². The minimum Gasteiger partial charge on any atom is -0.362 e. The standard InChI is InChI=1S/C26H26Cl2N2O2S/c1-5-10-30-22-13-21(28)18(11-19(22)16(2)14-26(30,3)4)12-23-24(31)29(25(32)33-23)15-17-8-6-7-9-20(17)27/h6-9,11-14H,5,10,15H2,1-4H3/b23-12+. The molecule has 172 valence electrons. The van der Waals surface area contributed by atoms with Crippen molar-refractivity contribution in [2.75, 3.05) is 11.4 Å². The molecule has 1 fully saturated rings. The van der Waals surface area contributed by atoms with Crippen LogP contribution in [0.1, 0.15) is 50.8 Å². The van der Waals surface area contributed by atoms with Gasteiger partial charge in [-0.3, -0.25) is 14.5 Å². The molecule has 4 nitrogen and oxygen atoms in total. The lowest BCUT2D eigenvalue weighted by molar-refractivity contribution is -0.123. The number of thioether (sulfide) groups is 1. The maximum Gasteiger partial charge on any atom is 0.293 e. The molecule has 0 N–H and O–H groups in total. The number of hydrogen-bond acceptors (Lipinski definition) is 4. The van der Waals surface area contributed by atoms with Crippen molar-refractivity contribution in [3.05, 3.63) is 74.1 Å². The molecule has 2 heterocycles. The van der Waals surface area contributed by atoms with Crippen molar-refractivity contribution in [2.24, 2.45) is 0 Å². The van der Waals surface area contributed by atoms with Crippen LogP contribution in [0.15, 0.2) is 47.4 Å². The molecule has 2 aliphatic rings. The average molecular weight is 501 g/mol. The largest absolute Gasteiger partial charge is 0.362 e. The molecule has 2 aromatic rings. The van der Waals surface area contributed by atoms with E-state index in [2.05, 4.69) is 38.7 Å². The lowest BCUT2D eigenvalue weighted by Crippen LogP contribution is -2.45. The Bertz CT molecular complexity index is 1200. The van der Waals surface area contributed by atoms with Crippen LogP contribution in [0.25, 0.3) is 11.6 Å². The Morgan fingerprint density at radius 1 is 1.09 bits per heavy atom. The molecule has 0 aliphatic carbocycles. The first kappa shape index (κ1) is 23.9. The molecule has 0 unspecified atom stereocenters. The Morgan fingerprint density at radius 3 is 2.52 bits per heavy atom. The number of fused-ring (bicyclic) bond motifs is 1. The number of rotatable bonds is 5. The quantitative estimate of drug-likeness (QED) is 0.395. The van der Waals surface area contributed by atoms with E-state index < -0.39 is 0 Å². The van der Waals surface area contributed by atoms with Gasteiger partial charge in [-0.05, 0) is 79.9 Å². The number of amides is 2. The van der Waals surface area contributed by atoms with E-state index in [0.717, 1.165) is 47.1 Å². The van der Waals surface area contributed by atoms with Gasteiger partial charge >= 0.3 is 0 Å². The zero-order valence-electron chi connectivity index (χ0n) is 19.1. The molecule has 33 heavy (non-hydrogen) atoms. The van der Waals surface area contributed by atoms with Gasteiger partial charge in [0.1, 0.15) is 0 Å². The minimum atomic E-state index is -0.334. The van der Waals surface area contributed by atoms with Gasteiger partial charge in [0.15, 0.2) is 0 Å². The molecule has 1 saturated heterocycles. The first-order valence-electron chi connectivity index (χ1n) is 10.9. The summed E-state index contributed by atoms with van der Waals surface area (Å²) in [6.07, 6.45) is 5.01. The number of hydrogen-bond donors (Lipinski definition) is 0. The molecule has 2 aromatic carbocycles. The minimum absolute atomic E-state index is 0.112. The van der Waals surface area contributed by atoms with Gasteiger partial charge in [0.25, 0.3) is 11.1 Å². The summed E-state index contributed by atoms with van der Waals surface area (Å²) in [5, 5.41) is 0.769. The van der Waals surface area contributed by atoms with Crippen molar-refractivity contribution in [1.82, 2.24) is 4.90 Å². The number of benzene rings is 2. The Kier molecular flexibility index (Phi) is 6.68. The average Bonchev–Trinajstić information content (AvgIpc) is 3.00. The topological polar surface area (TPSA) is 40.6 Å². The molecule has 0 radical (unpaired) electrons. The van der Waals surface area contributed by atoms with Gasteiger partial charge in [0, 0.05) is 27.8 Å². The molecule has 0 saturated carbocycles. The van der Waals surface area contributed by atoms with Gasteiger partial charge in [-0.25, -0.2) is 0 Å². The maximum absolute atomic E-state index is 13.0. The van der Waals surface area contributed by atoms with Crippen molar-refractivity contribution in [1.29, 1.82) is 0 Å². The fourth-order valence-electron chi connectivity index (χ4n) is 4.43. The first-order chi connectivity index (χ1) is 15.6. The van der Waals surface area contributed by atoms with Crippen molar-refractivity contribution < 1.29 is 9.59 Å². The third-order valence-corrected chi connectivity index (χ3v) is 7.59. The van der Waals surface area contributed by atoms with E-state index in [1.54, 1.807) is 12.1 Å². The summed E-state index contributed by atoms with van der Waals surface area (Å²) in [4.78, 5) is 29.6. The van der Waals surface area contributed by atoms with E-state index >= 15 is 0 Å². The van der Waals surface area contributed by atoms with Gasteiger partial charge in [-0.15, -0.1) is 0 Å². The van der Waals surface area contributed by atoms with Gasteiger partial charge in [0.2, 0.25) is 0 Å². The van der Waals surface area contributed by atoms with Crippen LogP contribution in [0.5, 0.6) is 0 Å². The van der Waals surface area contributed by atoms with Gasteiger partial charge in [-0.2, -0.15) is 0 Å². The Morgan fingerprint density at radius 2 is 1.82 bits per heavy atom. The molecule has 7 heteroatoms. The summed E-state index contributed by atoms with van der Waals surface area (Å²) in [5.74, 6) is -0.334. The zero-order valence-corrected chi connectivity index (χ0v) is 21.4. The number of anilines is 1. The van der Waals surface area contributed by atoms with E-state index in [1.165, 1.54) is 10.5 Å². The highest BCUT2D eigenvalue weighted by molar-refractivity contribution is 8.18. The summed E-state index contributed by atoms with van der Waals surface area (Å²) in [6, 6.07) is 11.2. The Balaban J connectivity index is 1.68. The third-order valence-electron chi connectivity index (χ3n) is 5.99. The summed E-state index contributed by atoms with van der Waals surface area (Å²) in [6.45, 7) is 9.72. The lowest BCUT2D eigenvalue weighted by Gasteiger charge is -2.43. The number of allylic oxidation sites excluding steroid dienone is 1. The molecule has 0 spiro atoms. The van der Waals surface area contributed by atoms with Crippen molar-refractivity contribution in [3.8, 4) is 0 Å². The molecule has 0 atom stereocenters.